The van der Waals surface area contributed by atoms with E-state index in [-0.39, 0.29) is 0 Å². The minimum atomic E-state index is -0.505. The molecule has 2 rings (SSSR count). The van der Waals surface area contributed by atoms with Crippen molar-refractivity contribution in [2.75, 3.05) is 0 Å². The molecule has 92 valence electrons. The molecule has 0 fully saturated rings. The number of hydrogen-bond acceptors (Lipinski definition) is 3. The quantitative estimate of drug-likeness (QED) is 0.783. The fourth-order valence-corrected chi connectivity index (χ4v) is 1.87. The first kappa shape index (κ1) is 12.0. The third kappa shape index (κ3) is 2.29. The molecule has 1 heterocycles. The van der Waals surface area contributed by atoms with Crippen LogP contribution in [-0.4, -0.2) is 16.2 Å². The van der Waals surface area contributed by atoms with Crippen LogP contribution in [0.4, 0.5) is 4.79 Å². The molecule has 1 aliphatic rings. The molecular formula is C13H12N2O3. The molecule has 18 heavy (non-hydrogen) atoms. The Bertz CT molecular complexity index is 645. The van der Waals surface area contributed by atoms with Crippen molar-refractivity contribution in [3.8, 4) is 0 Å². The Morgan fingerprint density at radius 2 is 1.78 bits per heavy atom. The zero-order valence-electron chi connectivity index (χ0n) is 9.58. The molecular weight excluding hydrogens is 232 g/mol. The maximum absolute atomic E-state index is 11.2. The second-order valence-corrected chi connectivity index (χ2v) is 3.75. The highest BCUT2D eigenvalue weighted by Crippen LogP contribution is 2.07. The van der Waals surface area contributed by atoms with Crippen LogP contribution in [0.25, 0.3) is 0 Å². The van der Waals surface area contributed by atoms with Crippen molar-refractivity contribution < 1.29 is 15.0 Å². The van der Waals surface area contributed by atoms with Crippen molar-refractivity contribution in [2.45, 2.75) is 12.8 Å². The van der Waals surface area contributed by atoms with Gasteiger partial charge in [0.1, 0.15) is 0 Å². The number of benzene rings is 1. The van der Waals surface area contributed by atoms with Crippen molar-refractivity contribution in [1.29, 1.82) is 0 Å². The Kier molecular flexibility index (Phi) is 3.52. The van der Waals surface area contributed by atoms with Crippen LogP contribution >= 0.6 is 0 Å². The molecule has 5 heteroatoms. The number of hydrogen-bond donors (Lipinski definition) is 2. The molecule has 1 aromatic carbocycles. The Labute approximate surface area is 103 Å². The normalized spacial score (nSPS) is 13.9. The molecule has 5 nitrogen and oxygen atoms in total. The highest BCUT2D eigenvalue weighted by atomic mass is 16.2. The molecule has 2 N–H and O–H groups in total. The van der Waals surface area contributed by atoms with Gasteiger partial charge in [0, 0.05) is 0 Å². The van der Waals surface area contributed by atoms with E-state index in [4.69, 9.17) is 10.2 Å². The largest absolute Gasteiger partial charge is 0.516 e. The number of nitrogens with zero attached hydrogens (tertiary/aromatic N) is 2. The lowest BCUT2D eigenvalue weighted by atomic mass is 10.0. The average Bonchev–Trinajstić information content (AvgIpc) is 2.74. The number of rotatable bonds is 4. The van der Waals surface area contributed by atoms with Gasteiger partial charge in [-0.2, -0.15) is 9.98 Å². The molecule has 0 atom stereocenters. The van der Waals surface area contributed by atoms with E-state index in [1.807, 2.05) is 6.07 Å². The Morgan fingerprint density at radius 3 is 2.50 bits per heavy atom. The van der Waals surface area contributed by atoms with Crippen molar-refractivity contribution in [2.24, 2.45) is 9.98 Å². The SMILES string of the molecule is O=C1N=c2ccc(CC=CO)c(CC=CO)c2=N1. The first-order valence-corrected chi connectivity index (χ1v) is 5.47. The summed E-state index contributed by atoms with van der Waals surface area (Å²) >= 11 is 0. The molecule has 0 bridgehead atoms. The smallest absolute Gasteiger partial charge is 0.368 e. The van der Waals surface area contributed by atoms with Gasteiger partial charge in [-0.1, -0.05) is 6.07 Å². The van der Waals surface area contributed by atoms with Crippen LogP contribution < -0.4 is 10.7 Å². The summed E-state index contributed by atoms with van der Waals surface area (Å²) in [5.74, 6) is 0. The Morgan fingerprint density at radius 1 is 1.06 bits per heavy atom. The van der Waals surface area contributed by atoms with E-state index < -0.39 is 6.03 Å². The Hall–Kier alpha value is -2.43. The van der Waals surface area contributed by atoms with E-state index >= 15 is 0 Å². The summed E-state index contributed by atoms with van der Waals surface area (Å²) in [6, 6.07) is 3.07. The maximum Gasteiger partial charge on any atom is 0.368 e. The van der Waals surface area contributed by atoms with Crippen molar-refractivity contribution >= 4 is 6.03 Å². The molecule has 2 amide bonds. The number of allylic oxidation sites excluding steroid dienone is 2. The number of aliphatic hydroxyl groups is 2. The summed E-state index contributed by atoms with van der Waals surface area (Å²) in [4.78, 5) is 18.8. The predicted molar refractivity (Wildman–Crippen MR) is 65.1 cm³/mol. The van der Waals surface area contributed by atoms with E-state index in [1.54, 1.807) is 18.2 Å². The summed E-state index contributed by atoms with van der Waals surface area (Å²) in [7, 11) is 0. The lowest BCUT2D eigenvalue weighted by molar-refractivity contribution is 0.256. The third-order valence-corrected chi connectivity index (χ3v) is 2.65. The summed E-state index contributed by atoms with van der Waals surface area (Å²) in [5, 5.41) is 18.6. The predicted octanol–water partition coefficient (Wildman–Crippen LogP) is 1.29. The summed E-state index contributed by atoms with van der Waals surface area (Å²) in [6.45, 7) is 0. The molecule has 1 aromatic rings. The molecule has 0 radical (unpaired) electrons. The summed E-state index contributed by atoms with van der Waals surface area (Å²) < 4.78 is 0. The van der Waals surface area contributed by atoms with Crippen LogP contribution in [0.1, 0.15) is 11.1 Å². The van der Waals surface area contributed by atoms with E-state index in [0.717, 1.165) is 23.7 Å². The van der Waals surface area contributed by atoms with Crippen LogP contribution in [0.5, 0.6) is 0 Å². The maximum atomic E-state index is 11.2. The minimum Gasteiger partial charge on any atom is -0.516 e. The van der Waals surface area contributed by atoms with Crippen LogP contribution in [0.3, 0.4) is 0 Å². The standard InChI is InChI=1S/C13H12N2O3/c16-7-1-3-9-5-6-11-12(15-13(18)14-11)10(9)4-2-8-17/h1-2,5-8,16-17H,3-4H2. The van der Waals surface area contributed by atoms with Crippen molar-refractivity contribution in [1.82, 2.24) is 0 Å². The highest BCUT2D eigenvalue weighted by Gasteiger charge is 2.11. The van der Waals surface area contributed by atoms with E-state index in [0.29, 0.717) is 23.6 Å². The third-order valence-electron chi connectivity index (χ3n) is 2.65. The molecule has 0 saturated carbocycles. The lowest BCUT2D eigenvalue weighted by Crippen LogP contribution is -2.27. The van der Waals surface area contributed by atoms with Crippen LogP contribution in [0.2, 0.25) is 0 Å². The molecule has 0 spiro atoms. The molecule has 0 saturated heterocycles. The number of fused-ring (bicyclic) bond motifs is 1. The molecule has 0 aromatic heterocycles. The van der Waals surface area contributed by atoms with Gasteiger partial charge in [0.15, 0.2) is 0 Å². The van der Waals surface area contributed by atoms with Crippen LogP contribution in [0, 0.1) is 0 Å². The minimum absolute atomic E-state index is 0.459. The number of urea groups is 1. The van der Waals surface area contributed by atoms with Crippen LogP contribution in [0.15, 0.2) is 46.8 Å². The van der Waals surface area contributed by atoms with Gasteiger partial charge in [-0.05, 0) is 42.2 Å². The second kappa shape index (κ2) is 5.27. The summed E-state index contributed by atoms with van der Waals surface area (Å²) in [6.07, 6.45) is 6.09. The van der Waals surface area contributed by atoms with E-state index in [1.165, 1.54) is 0 Å². The number of amides is 2. The molecule has 0 aliphatic carbocycles. The van der Waals surface area contributed by atoms with Gasteiger partial charge in [0.2, 0.25) is 0 Å². The average molecular weight is 244 g/mol. The number of aliphatic hydroxyl groups excluding tert-OH is 2. The number of carbonyl (C=O) groups excluding carboxylic acids is 1. The Balaban J connectivity index is 2.57. The van der Waals surface area contributed by atoms with Gasteiger partial charge in [-0.25, -0.2) is 4.79 Å². The molecule has 0 unspecified atom stereocenters. The first-order chi connectivity index (χ1) is 8.76. The van der Waals surface area contributed by atoms with Gasteiger partial charge >= 0.3 is 6.03 Å². The fourth-order valence-electron chi connectivity index (χ4n) is 1.87. The van der Waals surface area contributed by atoms with E-state index in [9.17, 15) is 4.79 Å². The highest BCUT2D eigenvalue weighted by molar-refractivity contribution is 5.77. The monoisotopic (exact) mass is 244 g/mol. The first-order valence-electron chi connectivity index (χ1n) is 5.47. The number of carbonyl (C=O) groups is 1. The van der Waals surface area contributed by atoms with Gasteiger partial charge < -0.3 is 10.2 Å². The van der Waals surface area contributed by atoms with Gasteiger partial charge in [-0.3, -0.25) is 0 Å². The lowest BCUT2D eigenvalue weighted by Gasteiger charge is -2.04. The molecule has 1 aliphatic heterocycles. The zero-order valence-corrected chi connectivity index (χ0v) is 9.58. The zero-order chi connectivity index (χ0) is 13.0. The summed E-state index contributed by atoms with van der Waals surface area (Å²) in [5.41, 5.74) is 1.77. The fraction of sp³-hybridized carbons (Fsp3) is 0.154. The van der Waals surface area contributed by atoms with Crippen molar-refractivity contribution in [3.05, 3.63) is 58.7 Å². The van der Waals surface area contributed by atoms with Gasteiger partial charge in [-0.15, -0.1) is 0 Å². The van der Waals surface area contributed by atoms with Crippen molar-refractivity contribution in [3.63, 3.8) is 0 Å². The van der Waals surface area contributed by atoms with Gasteiger partial charge in [0.25, 0.3) is 0 Å². The van der Waals surface area contributed by atoms with E-state index in [2.05, 4.69) is 9.98 Å². The van der Waals surface area contributed by atoms with Crippen LogP contribution in [-0.2, 0) is 12.8 Å². The second-order valence-electron chi connectivity index (χ2n) is 3.75. The topological polar surface area (TPSA) is 82.2 Å². The van der Waals surface area contributed by atoms with Gasteiger partial charge in [0.05, 0.1) is 23.2 Å².